The predicted molar refractivity (Wildman–Crippen MR) is 115 cm³/mol. The molecule has 0 aliphatic rings. The van der Waals surface area contributed by atoms with Crippen LogP contribution in [0.3, 0.4) is 0 Å². The average molecular weight is 413 g/mol. The predicted octanol–water partition coefficient (Wildman–Crippen LogP) is 4.08. The number of amides is 1. The Bertz CT molecular complexity index is 1040. The average Bonchev–Trinajstić information content (AvgIpc) is 2.70. The molecule has 1 amide bonds. The molecule has 0 unspecified atom stereocenters. The number of carbonyl (C=O) groups excluding carboxylic acids is 1. The lowest BCUT2D eigenvalue weighted by molar-refractivity contribution is 0.0951. The highest BCUT2D eigenvalue weighted by Gasteiger charge is 2.11. The molecule has 3 aromatic rings. The second-order valence-electron chi connectivity index (χ2n) is 6.93. The Morgan fingerprint density at radius 2 is 1.93 bits per heavy atom. The van der Waals surface area contributed by atoms with E-state index in [1.165, 1.54) is 12.1 Å². The van der Waals surface area contributed by atoms with E-state index in [1.807, 2.05) is 37.2 Å². The molecule has 0 spiro atoms. The van der Waals surface area contributed by atoms with Gasteiger partial charge in [0.05, 0.1) is 5.02 Å². The minimum Gasteiger partial charge on any atom is -0.383 e. The smallest absolute Gasteiger partial charge is 0.251 e. The van der Waals surface area contributed by atoms with E-state index in [0.717, 1.165) is 17.7 Å². The SMILES string of the molecule is CN(C)CCNC(=O)c1cccc(-c2cnc(N)c(-c3ccc(F)c(Cl)c3)c2)c1. The van der Waals surface area contributed by atoms with Gasteiger partial charge in [-0.2, -0.15) is 0 Å². The highest BCUT2D eigenvalue weighted by Crippen LogP contribution is 2.32. The van der Waals surface area contributed by atoms with Crippen LogP contribution in [0.25, 0.3) is 22.3 Å². The highest BCUT2D eigenvalue weighted by atomic mass is 35.5. The van der Waals surface area contributed by atoms with Crippen molar-refractivity contribution in [1.29, 1.82) is 0 Å². The first-order valence-corrected chi connectivity index (χ1v) is 9.47. The largest absolute Gasteiger partial charge is 0.383 e. The fourth-order valence-corrected chi connectivity index (χ4v) is 3.04. The van der Waals surface area contributed by atoms with Crippen LogP contribution in [-0.4, -0.2) is 43.0 Å². The molecule has 150 valence electrons. The van der Waals surface area contributed by atoms with E-state index in [0.29, 0.717) is 29.1 Å². The van der Waals surface area contributed by atoms with Crippen molar-refractivity contribution in [1.82, 2.24) is 15.2 Å². The van der Waals surface area contributed by atoms with Crippen molar-refractivity contribution in [3.63, 3.8) is 0 Å². The van der Waals surface area contributed by atoms with Gasteiger partial charge >= 0.3 is 0 Å². The van der Waals surface area contributed by atoms with Crippen LogP contribution in [0.1, 0.15) is 10.4 Å². The van der Waals surface area contributed by atoms with Crippen molar-refractivity contribution < 1.29 is 9.18 Å². The van der Waals surface area contributed by atoms with E-state index >= 15 is 0 Å². The monoisotopic (exact) mass is 412 g/mol. The van der Waals surface area contributed by atoms with Crippen molar-refractivity contribution in [3.05, 3.63) is 71.1 Å². The number of aromatic nitrogens is 1. The van der Waals surface area contributed by atoms with E-state index in [2.05, 4.69) is 10.3 Å². The van der Waals surface area contributed by atoms with Crippen molar-refractivity contribution in [3.8, 4) is 22.3 Å². The van der Waals surface area contributed by atoms with Crippen LogP contribution in [0.5, 0.6) is 0 Å². The van der Waals surface area contributed by atoms with Crippen LogP contribution in [0.15, 0.2) is 54.7 Å². The van der Waals surface area contributed by atoms with Crippen molar-refractivity contribution in [2.24, 2.45) is 0 Å². The van der Waals surface area contributed by atoms with E-state index in [4.69, 9.17) is 17.3 Å². The highest BCUT2D eigenvalue weighted by molar-refractivity contribution is 6.31. The maximum atomic E-state index is 13.5. The molecule has 0 aliphatic carbocycles. The van der Waals surface area contributed by atoms with Crippen LogP contribution in [0.2, 0.25) is 5.02 Å². The molecular weight excluding hydrogens is 391 g/mol. The Morgan fingerprint density at radius 1 is 1.14 bits per heavy atom. The number of carbonyl (C=O) groups is 1. The topological polar surface area (TPSA) is 71.2 Å². The first kappa shape index (κ1) is 20.8. The molecule has 7 heteroatoms. The lowest BCUT2D eigenvalue weighted by Crippen LogP contribution is -2.31. The normalized spacial score (nSPS) is 10.9. The van der Waals surface area contributed by atoms with Gasteiger partial charge in [0.15, 0.2) is 0 Å². The standard InChI is InChI=1S/C22H22ClFN4O/c1-28(2)9-8-26-22(29)16-5-3-4-14(10-16)17-11-18(21(25)27-13-17)15-6-7-20(24)19(23)12-15/h3-7,10-13H,8-9H2,1-2H3,(H2,25,27)(H,26,29). The Hall–Kier alpha value is -2.96. The summed E-state index contributed by atoms with van der Waals surface area (Å²) in [5.41, 5.74) is 9.52. The number of nitrogens with one attached hydrogen (secondary N) is 1. The van der Waals surface area contributed by atoms with Crippen molar-refractivity contribution in [2.75, 3.05) is 32.9 Å². The number of nitrogens with two attached hydrogens (primary N) is 1. The first-order valence-electron chi connectivity index (χ1n) is 9.09. The fourth-order valence-electron chi connectivity index (χ4n) is 2.86. The molecule has 2 aromatic carbocycles. The van der Waals surface area contributed by atoms with E-state index in [-0.39, 0.29) is 10.9 Å². The van der Waals surface area contributed by atoms with Gasteiger partial charge in [-0.25, -0.2) is 9.37 Å². The van der Waals surface area contributed by atoms with Gasteiger partial charge < -0.3 is 16.0 Å². The van der Waals surface area contributed by atoms with Gasteiger partial charge in [0.1, 0.15) is 11.6 Å². The van der Waals surface area contributed by atoms with E-state index in [9.17, 15) is 9.18 Å². The molecule has 3 rings (SSSR count). The quantitative estimate of drug-likeness (QED) is 0.640. The van der Waals surface area contributed by atoms with E-state index < -0.39 is 5.82 Å². The molecule has 5 nitrogen and oxygen atoms in total. The molecule has 1 heterocycles. The molecule has 29 heavy (non-hydrogen) atoms. The molecule has 3 N–H and O–H groups in total. The Morgan fingerprint density at radius 3 is 2.66 bits per heavy atom. The Kier molecular flexibility index (Phi) is 6.46. The summed E-state index contributed by atoms with van der Waals surface area (Å²) in [7, 11) is 3.90. The maximum Gasteiger partial charge on any atom is 0.251 e. The lowest BCUT2D eigenvalue weighted by Gasteiger charge is -2.12. The molecule has 0 bridgehead atoms. The molecule has 0 radical (unpaired) electrons. The van der Waals surface area contributed by atoms with Gasteiger partial charge in [0.25, 0.3) is 5.91 Å². The number of likely N-dealkylation sites (N-methyl/N-ethyl adjacent to an activating group) is 1. The van der Waals surface area contributed by atoms with Gasteiger partial charge in [-0.15, -0.1) is 0 Å². The minimum absolute atomic E-state index is 0.0173. The molecule has 0 saturated heterocycles. The summed E-state index contributed by atoms with van der Waals surface area (Å²) in [5.74, 6) is -0.317. The number of pyridine rings is 1. The molecular formula is C22H22ClFN4O. The number of hydrogen-bond acceptors (Lipinski definition) is 4. The second-order valence-corrected chi connectivity index (χ2v) is 7.33. The zero-order chi connectivity index (χ0) is 21.0. The van der Waals surface area contributed by atoms with Crippen molar-refractivity contribution >= 4 is 23.3 Å². The number of hydrogen-bond donors (Lipinski definition) is 2. The lowest BCUT2D eigenvalue weighted by atomic mass is 9.99. The zero-order valence-corrected chi connectivity index (χ0v) is 17.0. The molecule has 0 saturated carbocycles. The summed E-state index contributed by atoms with van der Waals surface area (Å²) in [5, 5.41) is 2.92. The number of rotatable bonds is 6. The first-order chi connectivity index (χ1) is 13.8. The molecule has 0 atom stereocenters. The van der Waals surface area contributed by atoms with Gasteiger partial charge in [-0.3, -0.25) is 4.79 Å². The van der Waals surface area contributed by atoms with Crippen LogP contribution in [0.4, 0.5) is 10.2 Å². The van der Waals surface area contributed by atoms with Gasteiger partial charge in [0, 0.05) is 36.0 Å². The van der Waals surface area contributed by atoms with Crippen LogP contribution in [0, 0.1) is 5.82 Å². The zero-order valence-electron chi connectivity index (χ0n) is 16.2. The van der Waals surface area contributed by atoms with Crippen LogP contribution >= 0.6 is 11.6 Å². The minimum atomic E-state index is -0.494. The van der Waals surface area contributed by atoms with Gasteiger partial charge in [-0.05, 0) is 55.6 Å². The summed E-state index contributed by atoms with van der Waals surface area (Å²) in [4.78, 5) is 18.7. The summed E-state index contributed by atoms with van der Waals surface area (Å²) in [6, 6.07) is 13.6. The second kappa shape index (κ2) is 9.03. The molecule has 0 fully saturated rings. The number of nitrogen functional groups attached to an aromatic ring is 1. The van der Waals surface area contributed by atoms with Crippen LogP contribution in [-0.2, 0) is 0 Å². The Balaban J connectivity index is 1.89. The summed E-state index contributed by atoms with van der Waals surface area (Å²) in [6.07, 6.45) is 1.65. The van der Waals surface area contributed by atoms with Gasteiger partial charge in [-0.1, -0.05) is 29.8 Å². The third-order valence-corrected chi connectivity index (χ3v) is 4.74. The molecule has 0 aliphatic heterocycles. The summed E-state index contributed by atoms with van der Waals surface area (Å²) < 4.78 is 13.5. The summed E-state index contributed by atoms with van der Waals surface area (Å²) >= 11 is 5.91. The van der Waals surface area contributed by atoms with E-state index in [1.54, 1.807) is 24.4 Å². The number of halogens is 2. The van der Waals surface area contributed by atoms with Crippen molar-refractivity contribution in [2.45, 2.75) is 0 Å². The number of benzene rings is 2. The van der Waals surface area contributed by atoms with Crippen LogP contribution < -0.4 is 11.1 Å². The number of anilines is 1. The molecule has 1 aromatic heterocycles. The third kappa shape index (κ3) is 5.10. The van der Waals surface area contributed by atoms with Gasteiger partial charge in [0.2, 0.25) is 0 Å². The fraction of sp³-hybridized carbons (Fsp3) is 0.182. The number of nitrogens with zero attached hydrogens (tertiary/aromatic N) is 2. The third-order valence-electron chi connectivity index (χ3n) is 4.45. The Labute approximate surface area is 174 Å². The summed E-state index contributed by atoms with van der Waals surface area (Å²) in [6.45, 7) is 1.33. The maximum absolute atomic E-state index is 13.5.